The van der Waals surface area contributed by atoms with Crippen molar-refractivity contribution in [3.05, 3.63) is 0 Å². The molecule has 0 spiro atoms. The molecule has 3 nitrogen and oxygen atoms in total. The molecule has 0 aliphatic rings. The van der Waals surface area contributed by atoms with Crippen LogP contribution in [-0.4, -0.2) is 22.9 Å². The first-order valence-electron chi connectivity index (χ1n) is 2.00. The van der Waals surface area contributed by atoms with Crippen molar-refractivity contribution in [3.63, 3.8) is 0 Å². The van der Waals surface area contributed by atoms with E-state index in [2.05, 4.69) is 4.52 Å². The van der Waals surface area contributed by atoms with Crippen molar-refractivity contribution in [1.82, 2.24) is 0 Å². The van der Waals surface area contributed by atoms with Crippen molar-refractivity contribution in [1.29, 1.82) is 0 Å². The molecular weight excluding hydrogens is 115 g/mol. The van der Waals surface area contributed by atoms with Crippen LogP contribution in [0.15, 0.2) is 0 Å². The van der Waals surface area contributed by atoms with Crippen LogP contribution < -0.4 is 0 Å². The zero-order chi connectivity index (χ0) is 5.70. The molecule has 0 aliphatic carbocycles. The van der Waals surface area contributed by atoms with Gasteiger partial charge in [-0.1, -0.05) is 0 Å². The molecule has 0 fully saturated rings. The molecule has 0 aromatic carbocycles. The van der Waals surface area contributed by atoms with E-state index in [0.717, 1.165) is 0 Å². The average molecular weight is 124 g/mol. The fraction of sp³-hybridized carbons (Fsp3) is 1.00. The minimum absolute atomic E-state index is 0.200. The van der Waals surface area contributed by atoms with E-state index in [1.807, 2.05) is 0 Å². The van der Waals surface area contributed by atoms with E-state index in [9.17, 15) is 0 Å². The summed E-state index contributed by atoms with van der Waals surface area (Å²) in [5.41, 5.74) is 0. The molecule has 0 radical (unpaired) electrons. The lowest BCUT2D eigenvalue weighted by molar-refractivity contribution is 0.0290. The Bertz CT molecular complexity index is 39.2. The predicted octanol–water partition coefficient (Wildman–Crippen LogP) is -0.115. The Morgan fingerprint density at radius 3 is 2.43 bits per heavy atom. The van der Waals surface area contributed by atoms with Gasteiger partial charge in [0.1, 0.15) is 0 Å². The predicted molar refractivity (Wildman–Crippen MR) is 28.2 cm³/mol. The molecule has 4 heteroatoms. The van der Waals surface area contributed by atoms with Gasteiger partial charge in [-0.3, -0.25) is 0 Å². The van der Waals surface area contributed by atoms with E-state index in [4.69, 9.17) is 10.2 Å². The van der Waals surface area contributed by atoms with E-state index in [0.29, 0.717) is 6.61 Å². The van der Waals surface area contributed by atoms with Crippen LogP contribution in [0, 0.1) is 0 Å². The fourth-order valence-electron chi connectivity index (χ4n) is 0.158. The molecule has 0 aromatic heterocycles. The Morgan fingerprint density at radius 1 is 1.71 bits per heavy atom. The fourth-order valence-corrected chi connectivity index (χ4v) is 0.474. The first kappa shape index (κ1) is 7.31. The SMILES string of the molecule is CCOPC(O)O. The highest BCUT2D eigenvalue weighted by Gasteiger charge is 1.92. The van der Waals surface area contributed by atoms with Gasteiger partial charge in [0.2, 0.25) is 0 Å². The molecule has 7 heavy (non-hydrogen) atoms. The molecule has 0 amide bonds. The summed E-state index contributed by atoms with van der Waals surface area (Å²) in [6.07, 6.45) is 0. The monoisotopic (exact) mass is 124 g/mol. The quantitative estimate of drug-likeness (QED) is 0.407. The lowest BCUT2D eigenvalue weighted by Gasteiger charge is -1.99. The second-order valence-corrected chi connectivity index (χ2v) is 1.97. The second kappa shape index (κ2) is 4.47. The lowest BCUT2D eigenvalue weighted by atomic mass is 10.9. The largest absolute Gasteiger partial charge is 0.363 e. The summed E-state index contributed by atoms with van der Waals surface area (Å²) < 4.78 is 4.62. The molecule has 0 aliphatic heterocycles. The van der Waals surface area contributed by atoms with Crippen LogP contribution in [0.25, 0.3) is 0 Å². The van der Waals surface area contributed by atoms with Crippen LogP contribution in [0.3, 0.4) is 0 Å². The molecule has 0 bridgehead atoms. The maximum absolute atomic E-state index is 8.13. The maximum Gasteiger partial charge on any atom is 0.193 e. The molecule has 0 saturated heterocycles. The maximum atomic E-state index is 8.13. The zero-order valence-corrected chi connectivity index (χ0v) is 5.09. The van der Waals surface area contributed by atoms with Gasteiger partial charge in [0.05, 0.1) is 8.81 Å². The summed E-state index contributed by atoms with van der Waals surface area (Å²) in [5, 5.41) is 16.3. The highest BCUT2D eigenvalue weighted by atomic mass is 31.1. The number of hydrogen-bond donors (Lipinski definition) is 2. The Labute approximate surface area is 44.2 Å². The average Bonchev–Trinajstić information content (AvgIpc) is 1.61. The molecule has 1 unspecified atom stereocenters. The topological polar surface area (TPSA) is 49.7 Å². The molecule has 0 heterocycles. The van der Waals surface area contributed by atoms with E-state index in [1.165, 1.54) is 0 Å². The van der Waals surface area contributed by atoms with Crippen molar-refractivity contribution in [2.24, 2.45) is 0 Å². The number of aliphatic hydroxyl groups excluding tert-OH is 1. The minimum Gasteiger partial charge on any atom is -0.363 e. The molecule has 2 N–H and O–H groups in total. The summed E-state index contributed by atoms with van der Waals surface area (Å²) >= 11 is 0. The van der Waals surface area contributed by atoms with Crippen molar-refractivity contribution in [3.8, 4) is 0 Å². The summed E-state index contributed by atoms with van der Waals surface area (Å²) in [6, 6.07) is -1.29. The van der Waals surface area contributed by atoms with Gasteiger partial charge < -0.3 is 14.7 Å². The van der Waals surface area contributed by atoms with Crippen LogP contribution in [0.1, 0.15) is 6.92 Å². The van der Waals surface area contributed by atoms with E-state index in [1.54, 1.807) is 6.92 Å². The summed E-state index contributed by atoms with van der Waals surface area (Å²) in [6.45, 7) is 2.34. The minimum atomic E-state index is -1.29. The Kier molecular flexibility index (Phi) is 4.67. The number of hydrogen-bond acceptors (Lipinski definition) is 3. The smallest absolute Gasteiger partial charge is 0.193 e. The second-order valence-electron chi connectivity index (χ2n) is 0.925. The van der Waals surface area contributed by atoms with Crippen LogP contribution in [0.4, 0.5) is 0 Å². The normalized spacial score (nSPS) is 12.0. The van der Waals surface area contributed by atoms with Crippen molar-refractivity contribution < 1.29 is 14.7 Å². The van der Waals surface area contributed by atoms with Gasteiger partial charge in [0.25, 0.3) is 0 Å². The number of aliphatic hydroxyl groups is 2. The van der Waals surface area contributed by atoms with Crippen molar-refractivity contribution >= 4 is 8.81 Å². The van der Waals surface area contributed by atoms with Crippen molar-refractivity contribution in [2.75, 3.05) is 6.61 Å². The van der Waals surface area contributed by atoms with Crippen molar-refractivity contribution in [2.45, 2.75) is 13.0 Å². The molecule has 44 valence electrons. The van der Waals surface area contributed by atoms with E-state index >= 15 is 0 Å². The van der Waals surface area contributed by atoms with Crippen LogP contribution in [0.2, 0.25) is 0 Å². The third-order valence-corrected chi connectivity index (χ3v) is 0.999. The Balaban J connectivity index is 2.68. The third kappa shape index (κ3) is 6.31. The first-order valence-corrected chi connectivity index (χ1v) is 2.99. The zero-order valence-electron chi connectivity index (χ0n) is 4.09. The Hall–Kier alpha value is 0.310. The first-order chi connectivity index (χ1) is 3.27. The lowest BCUT2D eigenvalue weighted by Crippen LogP contribution is -1.94. The Morgan fingerprint density at radius 2 is 2.29 bits per heavy atom. The highest BCUT2D eigenvalue weighted by molar-refractivity contribution is 7.32. The van der Waals surface area contributed by atoms with Gasteiger partial charge >= 0.3 is 0 Å². The molecule has 0 aromatic rings. The van der Waals surface area contributed by atoms with Gasteiger partial charge in [0, 0.05) is 6.61 Å². The number of rotatable bonds is 3. The summed E-state index contributed by atoms with van der Waals surface area (Å²) in [5.74, 6) is 0. The van der Waals surface area contributed by atoms with Gasteiger partial charge in [0.15, 0.2) is 6.03 Å². The van der Waals surface area contributed by atoms with E-state index < -0.39 is 6.03 Å². The molecule has 1 atom stereocenters. The van der Waals surface area contributed by atoms with Crippen LogP contribution >= 0.6 is 8.81 Å². The van der Waals surface area contributed by atoms with Gasteiger partial charge in [-0.25, -0.2) is 0 Å². The standard InChI is InChI=1S/C3H9O3P/c1-2-6-7-3(4)5/h3-5,7H,2H2,1H3. The van der Waals surface area contributed by atoms with E-state index in [-0.39, 0.29) is 8.81 Å². The highest BCUT2D eigenvalue weighted by Crippen LogP contribution is 2.13. The summed E-state index contributed by atoms with van der Waals surface area (Å²) in [4.78, 5) is 0. The summed E-state index contributed by atoms with van der Waals surface area (Å²) in [7, 11) is -0.200. The van der Waals surface area contributed by atoms with Crippen LogP contribution in [0.5, 0.6) is 0 Å². The van der Waals surface area contributed by atoms with Crippen LogP contribution in [-0.2, 0) is 4.52 Å². The van der Waals surface area contributed by atoms with Gasteiger partial charge in [-0.2, -0.15) is 0 Å². The molecular formula is C3H9O3P. The van der Waals surface area contributed by atoms with Gasteiger partial charge in [-0.05, 0) is 6.92 Å². The molecule has 0 rings (SSSR count). The van der Waals surface area contributed by atoms with Gasteiger partial charge in [-0.15, -0.1) is 0 Å². The molecule has 0 saturated carbocycles. The third-order valence-electron chi connectivity index (χ3n) is 0.333.